The van der Waals surface area contributed by atoms with E-state index in [1.165, 1.54) is 22.3 Å². The third-order valence-electron chi connectivity index (χ3n) is 5.92. The second-order valence-electron chi connectivity index (χ2n) is 8.09. The van der Waals surface area contributed by atoms with Gasteiger partial charge in [0.2, 0.25) is 0 Å². The molecule has 3 aromatic rings. The summed E-state index contributed by atoms with van der Waals surface area (Å²) in [4.78, 5) is 10.7. The maximum absolute atomic E-state index is 5.69. The van der Waals surface area contributed by atoms with Gasteiger partial charge in [-0.2, -0.15) is 0 Å². The Morgan fingerprint density at radius 1 is 1.04 bits per heavy atom. The van der Waals surface area contributed by atoms with Crippen molar-refractivity contribution in [3.63, 3.8) is 0 Å². The summed E-state index contributed by atoms with van der Waals surface area (Å²) in [6, 6.07) is 10.8. The molecule has 0 aliphatic carbocycles. The van der Waals surface area contributed by atoms with Gasteiger partial charge in [-0.1, -0.05) is 12.1 Å². The maximum Gasteiger partial charge on any atom is 0.173 e. The lowest BCUT2D eigenvalue weighted by atomic mass is 9.96. The molecular weight excluding hydrogens is 364 g/mol. The molecule has 0 spiro atoms. The SMILES string of the molecule is Cc1ccc(C)c(NC(=S)N2CCC(c3nc4cc(C)c(C)cc4[nH]3)CC2)c1. The van der Waals surface area contributed by atoms with Crippen molar-refractivity contribution in [1.29, 1.82) is 0 Å². The minimum Gasteiger partial charge on any atom is -0.349 e. The van der Waals surface area contributed by atoms with E-state index in [0.29, 0.717) is 5.92 Å². The molecule has 146 valence electrons. The number of likely N-dealkylation sites (tertiary alicyclic amines) is 1. The highest BCUT2D eigenvalue weighted by Gasteiger charge is 2.24. The molecule has 28 heavy (non-hydrogen) atoms. The lowest BCUT2D eigenvalue weighted by Gasteiger charge is -2.33. The van der Waals surface area contributed by atoms with E-state index >= 15 is 0 Å². The molecule has 1 aliphatic heterocycles. The number of rotatable bonds is 2. The van der Waals surface area contributed by atoms with Crippen molar-refractivity contribution < 1.29 is 0 Å². The van der Waals surface area contributed by atoms with Crippen LogP contribution >= 0.6 is 12.2 Å². The minimum absolute atomic E-state index is 0.466. The molecule has 2 heterocycles. The molecule has 0 amide bonds. The van der Waals surface area contributed by atoms with E-state index in [1.54, 1.807) is 0 Å². The fourth-order valence-electron chi connectivity index (χ4n) is 3.90. The molecule has 0 atom stereocenters. The van der Waals surface area contributed by atoms with Gasteiger partial charge in [0.15, 0.2) is 5.11 Å². The summed E-state index contributed by atoms with van der Waals surface area (Å²) < 4.78 is 0. The number of benzene rings is 2. The number of imidazole rings is 1. The summed E-state index contributed by atoms with van der Waals surface area (Å²) in [5.74, 6) is 1.58. The molecule has 2 N–H and O–H groups in total. The zero-order valence-corrected chi connectivity index (χ0v) is 17.9. The van der Waals surface area contributed by atoms with Crippen LogP contribution in [0.1, 0.15) is 46.8 Å². The number of piperidine rings is 1. The molecule has 1 saturated heterocycles. The molecule has 0 radical (unpaired) electrons. The summed E-state index contributed by atoms with van der Waals surface area (Å²) >= 11 is 5.69. The molecule has 5 heteroatoms. The number of nitrogens with zero attached hydrogens (tertiary/aromatic N) is 2. The van der Waals surface area contributed by atoms with Gasteiger partial charge in [-0.25, -0.2) is 4.98 Å². The first-order valence-corrected chi connectivity index (χ1v) is 10.4. The monoisotopic (exact) mass is 392 g/mol. The standard InChI is InChI=1S/C23H28N4S/c1-14-5-6-15(2)19(11-14)26-23(28)27-9-7-18(8-10-27)22-24-20-12-16(3)17(4)13-21(20)25-22/h5-6,11-13,18H,7-10H2,1-4H3,(H,24,25)(H,26,28). The van der Waals surface area contributed by atoms with Gasteiger partial charge in [-0.3, -0.25) is 0 Å². The topological polar surface area (TPSA) is 44.0 Å². The van der Waals surface area contributed by atoms with E-state index in [9.17, 15) is 0 Å². The fraction of sp³-hybridized carbons (Fsp3) is 0.391. The zero-order valence-electron chi connectivity index (χ0n) is 17.1. The Morgan fingerprint density at radius 2 is 1.75 bits per heavy atom. The third-order valence-corrected chi connectivity index (χ3v) is 6.28. The predicted molar refractivity (Wildman–Crippen MR) is 121 cm³/mol. The number of nitrogens with one attached hydrogen (secondary N) is 2. The van der Waals surface area contributed by atoms with Crippen LogP contribution in [0.15, 0.2) is 30.3 Å². The highest BCUT2D eigenvalue weighted by atomic mass is 32.1. The van der Waals surface area contributed by atoms with Gasteiger partial charge in [0.05, 0.1) is 11.0 Å². The van der Waals surface area contributed by atoms with Crippen LogP contribution in [0.25, 0.3) is 11.0 Å². The Bertz CT molecular complexity index is 990. The summed E-state index contributed by atoms with van der Waals surface area (Å²) in [6.45, 7) is 10.4. The van der Waals surface area contributed by atoms with Crippen molar-refractivity contribution in [2.45, 2.75) is 46.5 Å². The Balaban J connectivity index is 1.41. The Hall–Kier alpha value is -2.40. The van der Waals surface area contributed by atoms with Crippen LogP contribution < -0.4 is 5.32 Å². The van der Waals surface area contributed by atoms with Crippen LogP contribution in [0.5, 0.6) is 0 Å². The molecule has 1 aliphatic rings. The smallest absolute Gasteiger partial charge is 0.173 e. The Morgan fingerprint density at radius 3 is 2.50 bits per heavy atom. The van der Waals surface area contributed by atoms with Crippen molar-refractivity contribution in [3.05, 3.63) is 58.4 Å². The van der Waals surface area contributed by atoms with Crippen molar-refractivity contribution >= 4 is 34.1 Å². The van der Waals surface area contributed by atoms with Crippen molar-refractivity contribution in [2.24, 2.45) is 0 Å². The molecule has 2 aromatic carbocycles. The van der Waals surface area contributed by atoms with Gasteiger partial charge < -0.3 is 15.2 Å². The van der Waals surface area contributed by atoms with E-state index < -0.39 is 0 Å². The number of hydrogen-bond acceptors (Lipinski definition) is 2. The number of fused-ring (bicyclic) bond motifs is 1. The first-order chi connectivity index (χ1) is 13.4. The second-order valence-corrected chi connectivity index (χ2v) is 8.47. The summed E-state index contributed by atoms with van der Waals surface area (Å²) in [5.41, 5.74) is 8.39. The largest absolute Gasteiger partial charge is 0.349 e. The molecule has 0 bridgehead atoms. The van der Waals surface area contributed by atoms with Crippen LogP contribution in [0.4, 0.5) is 5.69 Å². The lowest BCUT2D eigenvalue weighted by molar-refractivity contribution is 0.311. The summed E-state index contributed by atoms with van der Waals surface area (Å²) in [5, 5.41) is 4.27. The van der Waals surface area contributed by atoms with E-state index in [2.05, 4.69) is 73.2 Å². The molecule has 1 fully saturated rings. The number of hydrogen-bond donors (Lipinski definition) is 2. The Kier molecular flexibility index (Phi) is 5.11. The van der Waals surface area contributed by atoms with Crippen LogP contribution in [0.3, 0.4) is 0 Å². The molecule has 1 aromatic heterocycles. The number of thiocarbonyl (C=S) groups is 1. The van der Waals surface area contributed by atoms with Crippen molar-refractivity contribution in [1.82, 2.24) is 14.9 Å². The van der Waals surface area contributed by atoms with E-state index in [4.69, 9.17) is 17.2 Å². The normalized spacial score (nSPS) is 15.2. The first kappa shape index (κ1) is 18.9. The van der Waals surface area contributed by atoms with E-state index in [-0.39, 0.29) is 0 Å². The molecule has 4 nitrogen and oxygen atoms in total. The maximum atomic E-state index is 5.69. The van der Waals surface area contributed by atoms with E-state index in [0.717, 1.165) is 53.6 Å². The third kappa shape index (κ3) is 3.76. The second kappa shape index (κ2) is 7.55. The quantitative estimate of drug-likeness (QED) is 0.575. The average molecular weight is 393 g/mol. The molecule has 4 rings (SSSR count). The fourth-order valence-corrected chi connectivity index (χ4v) is 4.20. The molecule has 0 saturated carbocycles. The van der Waals surface area contributed by atoms with Gasteiger partial charge in [-0.05, 0) is 93.2 Å². The van der Waals surface area contributed by atoms with Crippen LogP contribution in [0, 0.1) is 27.7 Å². The molecule has 0 unspecified atom stereocenters. The highest BCUT2D eigenvalue weighted by Crippen LogP contribution is 2.29. The lowest BCUT2D eigenvalue weighted by Crippen LogP contribution is -2.40. The highest BCUT2D eigenvalue weighted by molar-refractivity contribution is 7.80. The number of anilines is 1. The zero-order chi connectivity index (χ0) is 19.8. The van der Waals surface area contributed by atoms with Gasteiger partial charge in [0.1, 0.15) is 5.82 Å². The first-order valence-electron chi connectivity index (χ1n) is 10.0. The minimum atomic E-state index is 0.466. The van der Waals surface area contributed by atoms with Gasteiger partial charge in [-0.15, -0.1) is 0 Å². The van der Waals surface area contributed by atoms with Crippen molar-refractivity contribution in [2.75, 3.05) is 18.4 Å². The van der Waals surface area contributed by atoms with Gasteiger partial charge in [0, 0.05) is 24.7 Å². The van der Waals surface area contributed by atoms with Gasteiger partial charge >= 0.3 is 0 Å². The molecular formula is C23H28N4S. The predicted octanol–water partition coefficient (Wildman–Crippen LogP) is 5.37. The number of aromatic amines is 1. The summed E-state index contributed by atoms with van der Waals surface area (Å²) in [6.07, 6.45) is 2.12. The van der Waals surface area contributed by atoms with Gasteiger partial charge in [0.25, 0.3) is 0 Å². The average Bonchev–Trinajstić information content (AvgIpc) is 3.08. The number of H-pyrrole nitrogens is 1. The van der Waals surface area contributed by atoms with E-state index in [1.807, 2.05) is 0 Å². The van der Waals surface area contributed by atoms with Crippen LogP contribution in [-0.2, 0) is 0 Å². The summed E-state index contributed by atoms with van der Waals surface area (Å²) in [7, 11) is 0. The van der Waals surface area contributed by atoms with Crippen LogP contribution in [0.2, 0.25) is 0 Å². The van der Waals surface area contributed by atoms with Crippen molar-refractivity contribution in [3.8, 4) is 0 Å². The Labute approximate surface area is 172 Å². The number of aryl methyl sites for hydroxylation is 4. The number of aromatic nitrogens is 2. The van der Waals surface area contributed by atoms with Crippen LogP contribution in [-0.4, -0.2) is 33.1 Å².